The number of ether oxygens (including phenoxy) is 2. The number of unbranched alkanes of at least 4 members (excludes halogenated alkanes) is 7. The van der Waals surface area contributed by atoms with Crippen LogP contribution in [0, 0.1) is 0 Å². The third kappa shape index (κ3) is 11.7. The van der Waals surface area contributed by atoms with Gasteiger partial charge in [0.15, 0.2) is 0 Å². The van der Waals surface area contributed by atoms with Crippen molar-refractivity contribution in [3.8, 4) is 0 Å². The highest BCUT2D eigenvalue weighted by atomic mass is 16.7. The van der Waals surface area contributed by atoms with Crippen molar-refractivity contribution in [3.05, 3.63) is 0 Å². The summed E-state index contributed by atoms with van der Waals surface area (Å²) in [5.74, 6) is 0. The van der Waals surface area contributed by atoms with Crippen molar-refractivity contribution in [2.45, 2.75) is 77.9 Å². The lowest BCUT2D eigenvalue weighted by Crippen LogP contribution is -2.16. The molecule has 1 atom stereocenters. The van der Waals surface area contributed by atoms with Crippen molar-refractivity contribution in [2.24, 2.45) is 0 Å². The number of carbonyl (C=O) groups is 1. The van der Waals surface area contributed by atoms with Gasteiger partial charge in [-0.15, -0.1) is 0 Å². The highest BCUT2D eigenvalue weighted by Gasteiger charge is 2.04. The molecule has 0 saturated carbocycles. The van der Waals surface area contributed by atoms with E-state index in [1.165, 1.54) is 44.9 Å². The van der Waals surface area contributed by atoms with E-state index in [0.717, 1.165) is 12.8 Å². The van der Waals surface area contributed by atoms with E-state index in [-0.39, 0.29) is 6.29 Å². The zero-order chi connectivity index (χ0) is 12.8. The van der Waals surface area contributed by atoms with Gasteiger partial charge in [-0.3, -0.25) is 4.79 Å². The molecule has 0 fully saturated rings. The van der Waals surface area contributed by atoms with Gasteiger partial charge in [0.1, 0.15) is 0 Å². The van der Waals surface area contributed by atoms with Crippen LogP contribution in [0.15, 0.2) is 0 Å². The summed E-state index contributed by atoms with van der Waals surface area (Å²) in [5, 5.41) is 0. The first kappa shape index (κ1) is 16.4. The van der Waals surface area contributed by atoms with Crippen LogP contribution >= 0.6 is 0 Å². The van der Waals surface area contributed by atoms with Crippen LogP contribution in [0.2, 0.25) is 0 Å². The molecule has 0 rings (SSSR count). The Morgan fingerprint density at radius 2 is 1.53 bits per heavy atom. The second-order valence-electron chi connectivity index (χ2n) is 4.42. The van der Waals surface area contributed by atoms with Gasteiger partial charge >= 0.3 is 0 Å². The van der Waals surface area contributed by atoms with Crippen LogP contribution in [-0.2, 0) is 14.3 Å². The van der Waals surface area contributed by atoms with Gasteiger partial charge in [-0.25, -0.2) is 0 Å². The van der Waals surface area contributed by atoms with Gasteiger partial charge in [0.2, 0.25) is 6.29 Å². The second-order valence-corrected chi connectivity index (χ2v) is 4.42. The van der Waals surface area contributed by atoms with Crippen LogP contribution in [0.5, 0.6) is 0 Å². The molecule has 17 heavy (non-hydrogen) atoms. The molecule has 0 spiro atoms. The molecule has 3 nitrogen and oxygen atoms in total. The average molecular weight is 244 g/mol. The van der Waals surface area contributed by atoms with Crippen LogP contribution < -0.4 is 0 Å². The first-order valence-corrected chi connectivity index (χ1v) is 7.05. The highest BCUT2D eigenvalue weighted by Crippen LogP contribution is 2.09. The maximum Gasteiger partial charge on any atom is 0.295 e. The summed E-state index contributed by atoms with van der Waals surface area (Å²) in [7, 11) is 0. The third-order valence-electron chi connectivity index (χ3n) is 2.84. The second kappa shape index (κ2) is 13.5. The fourth-order valence-corrected chi connectivity index (χ4v) is 1.77. The van der Waals surface area contributed by atoms with Gasteiger partial charge in [-0.2, -0.15) is 0 Å². The van der Waals surface area contributed by atoms with Crippen molar-refractivity contribution in [1.82, 2.24) is 0 Å². The van der Waals surface area contributed by atoms with Gasteiger partial charge in [0, 0.05) is 6.42 Å². The van der Waals surface area contributed by atoms with Gasteiger partial charge in [-0.1, -0.05) is 58.8 Å². The van der Waals surface area contributed by atoms with Crippen molar-refractivity contribution in [1.29, 1.82) is 0 Å². The normalized spacial score (nSPS) is 12.4. The third-order valence-corrected chi connectivity index (χ3v) is 2.84. The monoisotopic (exact) mass is 244 g/mol. The predicted octanol–water partition coefficient (Wildman–Crippen LogP) is 4.05. The minimum absolute atomic E-state index is 0.350. The van der Waals surface area contributed by atoms with E-state index in [9.17, 15) is 4.79 Å². The molecular weight excluding hydrogens is 216 g/mol. The van der Waals surface area contributed by atoms with Crippen LogP contribution in [0.4, 0.5) is 0 Å². The van der Waals surface area contributed by atoms with Gasteiger partial charge in [0.05, 0.1) is 6.61 Å². The molecule has 102 valence electrons. The quantitative estimate of drug-likeness (QED) is 0.278. The molecule has 0 aliphatic rings. The van der Waals surface area contributed by atoms with Crippen molar-refractivity contribution >= 4 is 6.47 Å². The lowest BCUT2D eigenvalue weighted by atomic mass is 10.1. The Bertz CT molecular complexity index is 160. The van der Waals surface area contributed by atoms with Crippen molar-refractivity contribution in [2.75, 3.05) is 6.61 Å². The summed E-state index contributed by atoms with van der Waals surface area (Å²) < 4.78 is 10.2. The molecule has 0 bridgehead atoms. The summed E-state index contributed by atoms with van der Waals surface area (Å²) in [6.07, 6.45) is 10.7. The highest BCUT2D eigenvalue weighted by molar-refractivity contribution is 5.37. The SMILES string of the molecule is CCCCCCCCCCOC(CC)OC=O. The maximum absolute atomic E-state index is 10.1. The van der Waals surface area contributed by atoms with Crippen molar-refractivity contribution in [3.63, 3.8) is 0 Å². The Morgan fingerprint density at radius 3 is 2.06 bits per heavy atom. The first-order valence-electron chi connectivity index (χ1n) is 7.05. The van der Waals surface area contributed by atoms with E-state index in [1.807, 2.05) is 6.92 Å². The minimum Gasteiger partial charge on any atom is -0.438 e. The van der Waals surface area contributed by atoms with Crippen LogP contribution in [-0.4, -0.2) is 19.4 Å². The molecule has 0 amide bonds. The number of hydrogen-bond donors (Lipinski definition) is 0. The van der Waals surface area contributed by atoms with Crippen LogP contribution in [0.3, 0.4) is 0 Å². The summed E-state index contributed by atoms with van der Waals surface area (Å²) in [5.41, 5.74) is 0. The molecule has 0 aromatic carbocycles. The first-order chi connectivity index (χ1) is 8.35. The lowest BCUT2D eigenvalue weighted by Gasteiger charge is -2.13. The van der Waals surface area contributed by atoms with Crippen LogP contribution in [0.25, 0.3) is 0 Å². The molecule has 0 aromatic heterocycles. The van der Waals surface area contributed by atoms with Crippen molar-refractivity contribution < 1.29 is 14.3 Å². The van der Waals surface area contributed by atoms with Gasteiger partial charge in [-0.05, 0) is 6.42 Å². The molecule has 3 heteroatoms. The largest absolute Gasteiger partial charge is 0.438 e. The smallest absolute Gasteiger partial charge is 0.295 e. The molecule has 0 heterocycles. The fourth-order valence-electron chi connectivity index (χ4n) is 1.77. The van der Waals surface area contributed by atoms with E-state index < -0.39 is 0 Å². The molecule has 0 aliphatic heterocycles. The lowest BCUT2D eigenvalue weighted by molar-refractivity contribution is -0.164. The fraction of sp³-hybridized carbons (Fsp3) is 0.929. The number of carbonyl (C=O) groups excluding carboxylic acids is 1. The minimum atomic E-state index is -0.350. The van der Waals surface area contributed by atoms with Gasteiger partial charge in [0.25, 0.3) is 6.47 Å². The van der Waals surface area contributed by atoms with E-state index >= 15 is 0 Å². The van der Waals surface area contributed by atoms with E-state index in [2.05, 4.69) is 6.92 Å². The molecule has 1 unspecified atom stereocenters. The summed E-state index contributed by atoms with van der Waals surface area (Å²) in [6, 6.07) is 0. The number of rotatable bonds is 13. The molecule has 0 saturated heterocycles. The Kier molecular flexibility index (Phi) is 13.0. The standard InChI is InChI=1S/C14H28O3/c1-3-5-6-7-8-9-10-11-12-16-14(4-2)17-13-15/h13-14H,3-12H2,1-2H3. The van der Waals surface area contributed by atoms with E-state index in [4.69, 9.17) is 9.47 Å². The summed E-state index contributed by atoms with van der Waals surface area (Å²) in [4.78, 5) is 10.1. The number of hydrogen-bond acceptors (Lipinski definition) is 3. The van der Waals surface area contributed by atoms with E-state index in [1.54, 1.807) is 0 Å². The molecular formula is C14H28O3. The Hall–Kier alpha value is -0.570. The topological polar surface area (TPSA) is 35.5 Å². The Labute approximate surface area is 106 Å². The molecule has 0 N–H and O–H groups in total. The van der Waals surface area contributed by atoms with E-state index in [0.29, 0.717) is 13.1 Å². The zero-order valence-electron chi connectivity index (χ0n) is 11.5. The Morgan fingerprint density at radius 1 is 0.941 bits per heavy atom. The molecule has 0 radical (unpaired) electrons. The molecule has 0 aliphatic carbocycles. The summed E-state index contributed by atoms with van der Waals surface area (Å²) >= 11 is 0. The maximum atomic E-state index is 10.1. The zero-order valence-corrected chi connectivity index (χ0v) is 11.5. The van der Waals surface area contributed by atoms with Crippen LogP contribution in [0.1, 0.15) is 71.6 Å². The predicted molar refractivity (Wildman–Crippen MR) is 69.8 cm³/mol. The van der Waals surface area contributed by atoms with Gasteiger partial charge < -0.3 is 9.47 Å². The average Bonchev–Trinajstić information content (AvgIpc) is 2.35. The summed E-state index contributed by atoms with van der Waals surface area (Å²) in [6.45, 7) is 5.34. The molecule has 0 aromatic rings. The Balaban J connectivity index is 3.14.